The summed E-state index contributed by atoms with van der Waals surface area (Å²) in [5, 5.41) is 11.0. The molecule has 0 amide bonds. The zero-order valence-corrected chi connectivity index (χ0v) is 10.5. The molecular weight excluding hydrogens is 226 g/mol. The van der Waals surface area contributed by atoms with Gasteiger partial charge in [-0.25, -0.2) is 4.52 Å². The van der Waals surface area contributed by atoms with E-state index in [9.17, 15) is 0 Å². The van der Waals surface area contributed by atoms with Gasteiger partial charge in [-0.3, -0.25) is 0 Å². The van der Waals surface area contributed by atoms with Gasteiger partial charge >= 0.3 is 0 Å². The fourth-order valence-electron chi connectivity index (χ4n) is 2.13. The van der Waals surface area contributed by atoms with Gasteiger partial charge < -0.3 is 10.6 Å². The molecule has 0 bridgehead atoms. The van der Waals surface area contributed by atoms with Crippen LogP contribution < -0.4 is 10.6 Å². The van der Waals surface area contributed by atoms with Crippen LogP contribution in [0.15, 0.2) is 29.8 Å². The Bertz CT molecular complexity index is 584. The summed E-state index contributed by atoms with van der Waals surface area (Å²) in [6.45, 7) is 4.89. The van der Waals surface area contributed by atoms with Gasteiger partial charge in [-0.1, -0.05) is 17.7 Å². The van der Waals surface area contributed by atoms with Gasteiger partial charge in [0, 0.05) is 18.8 Å². The van der Waals surface area contributed by atoms with Crippen LogP contribution in [0.4, 0.5) is 5.95 Å². The minimum atomic E-state index is 0.698. The molecule has 0 saturated carbocycles. The van der Waals surface area contributed by atoms with Crippen molar-refractivity contribution in [3.63, 3.8) is 0 Å². The maximum Gasteiger partial charge on any atom is 0.243 e. The molecule has 3 heterocycles. The van der Waals surface area contributed by atoms with Crippen molar-refractivity contribution in [2.24, 2.45) is 0 Å². The Kier molecular flexibility index (Phi) is 2.98. The van der Waals surface area contributed by atoms with Crippen molar-refractivity contribution in [1.29, 1.82) is 0 Å². The van der Waals surface area contributed by atoms with Gasteiger partial charge in [0.25, 0.3) is 0 Å². The molecule has 0 saturated heterocycles. The Labute approximate surface area is 106 Å². The first-order chi connectivity index (χ1) is 8.83. The molecule has 2 aromatic heterocycles. The highest BCUT2D eigenvalue weighted by Crippen LogP contribution is 2.10. The number of aromatic nitrogens is 3. The molecule has 0 atom stereocenters. The van der Waals surface area contributed by atoms with E-state index < -0.39 is 0 Å². The summed E-state index contributed by atoms with van der Waals surface area (Å²) in [4.78, 5) is 4.46. The number of hydrogen-bond acceptors (Lipinski definition) is 4. The van der Waals surface area contributed by atoms with E-state index >= 15 is 0 Å². The lowest BCUT2D eigenvalue weighted by atomic mass is 10.1. The molecule has 1 aliphatic heterocycles. The first-order valence-electron chi connectivity index (χ1n) is 6.28. The molecule has 1 aliphatic rings. The largest absolute Gasteiger partial charge is 0.349 e. The van der Waals surface area contributed by atoms with Crippen molar-refractivity contribution in [3.8, 4) is 0 Å². The molecule has 18 heavy (non-hydrogen) atoms. The predicted octanol–water partition coefficient (Wildman–Crippen LogP) is 1.37. The van der Waals surface area contributed by atoms with Gasteiger partial charge in [0.05, 0.1) is 0 Å². The van der Waals surface area contributed by atoms with Crippen LogP contribution in [0.1, 0.15) is 12.1 Å². The molecular formula is C13H17N5. The molecule has 0 unspecified atom stereocenters. The average Bonchev–Trinajstić information content (AvgIpc) is 2.82. The van der Waals surface area contributed by atoms with Crippen molar-refractivity contribution in [1.82, 2.24) is 19.9 Å². The van der Waals surface area contributed by atoms with Crippen molar-refractivity contribution in [3.05, 3.63) is 35.5 Å². The first kappa shape index (κ1) is 11.2. The number of nitrogens with one attached hydrogen (secondary N) is 2. The maximum atomic E-state index is 4.46. The van der Waals surface area contributed by atoms with Crippen LogP contribution in [0.25, 0.3) is 5.65 Å². The third-order valence-electron chi connectivity index (χ3n) is 3.18. The monoisotopic (exact) mass is 243 g/mol. The van der Waals surface area contributed by atoms with Crippen LogP contribution in [0.2, 0.25) is 0 Å². The fourth-order valence-corrected chi connectivity index (χ4v) is 2.13. The smallest absolute Gasteiger partial charge is 0.243 e. The molecule has 0 aliphatic carbocycles. The van der Waals surface area contributed by atoms with E-state index in [1.807, 2.05) is 29.6 Å². The van der Waals surface area contributed by atoms with E-state index in [1.54, 1.807) is 0 Å². The standard InChI is InChI=1S/C13H17N5/c1-10-3-2-4-12-16-13(17-18(10)12)15-9-11-5-7-14-8-6-11/h2-5,14H,6-9H2,1H3,(H,15,17). The second-order valence-corrected chi connectivity index (χ2v) is 4.54. The van der Waals surface area contributed by atoms with Gasteiger partial charge in [0.1, 0.15) is 0 Å². The van der Waals surface area contributed by atoms with E-state index in [-0.39, 0.29) is 0 Å². The normalized spacial score (nSPS) is 15.7. The van der Waals surface area contributed by atoms with Crippen LogP contribution in [-0.4, -0.2) is 34.2 Å². The third kappa shape index (κ3) is 2.22. The average molecular weight is 243 g/mol. The van der Waals surface area contributed by atoms with Gasteiger partial charge in [-0.15, -0.1) is 5.10 Å². The lowest BCUT2D eigenvalue weighted by Gasteiger charge is -2.13. The van der Waals surface area contributed by atoms with Crippen LogP contribution in [-0.2, 0) is 0 Å². The van der Waals surface area contributed by atoms with Crippen molar-refractivity contribution in [2.75, 3.05) is 25.0 Å². The summed E-state index contributed by atoms with van der Waals surface area (Å²) >= 11 is 0. The topological polar surface area (TPSA) is 54.2 Å². The highest BCUT2D eigenvalue weighted by atomic mass is 15.3. The number of hydrogen-bond donors (Lipinski definition) is 2. The Morgan fingerprint density at radius 2 is 2.39 bits per heavy atom. The lowest BCUT2D eigenvalue weighted by molar-refractivity contribution is 0.697. The predicted molar refractivity (Wildman–Crippen MR) is 71.8 cm³/mol. The van der Waals surface area contributed by atoms with Gasteiger partial charge in [-0.05, 0) is 32.0 Å². The fraction of sp³-hybridized carbons (Fsp3) is 0.385. The minimum Gasteiger partial charge on any atom is -0.349 e. The number of rotatable bonds is 3. The second kappa shape index (κ2) is 4.78. The zero-order valence-electron chi connectivity index (χ0n) is 10.5. The molecule has 94 valence electrons. The molecule has 2 aromatic rings. The van der Waals surface area contributed by atoms with Gasteiger partial charge in [0.15, 0.2) is 5.65 Å². The SMILES string of the molecule is Cc1cccc2nc(NCC3=CCNCC3)nn12. The van der Waals surface area contributed by atoms with E-state index in [1.165, 1.54) is 5.57 Å². The van der Waals surface area contributed by atoms with Crippen LogP contribution >= 0.6 is 0 Å². The maximum absolute atomic E-state index is 4.46. The Morgan fingerprint density at radius 3 is 3.17 bits per heavy atom. The summed E-state index contributed by atoms with van der Waals surface area (Å²) in [6, 6.07) is 5.99. The molecule has 2 N–H and O–H groups in total. The molecule has 3 rings (SSSR count). The zero-order chi connectivity index (χ0) is 12.4. The number of anilines is 1. The summed E-state index contributed by atoms with van der Waals surface area (Å²) in [7, 11) is 0. The van der Waals surface area contributed by atoms with Crippen molar-refractivity contribution >= 4 is 11.6 Å². The summed E-state index contributed by atoms with van der Waals surface area (Å²) in [5.41, 5.74) is 3.40. The van der Waals surface area contributed by atoms with E-state index in [0.29, 0.717) is 5.95 Å². The molecule has 5 heteroatoms. The highest BCUT2D eigenvalue weighted by Gasteiger charge is 2.06. The van der Waals surface area contributed by atoms with E-state index in [0.717, 1.165) is 37.4 Å². The second-order valence-electron chi connectivity index (χ2n) is 4.54. The number of fused-ring (bicyclic) bond motifs is 1. The molecule has 0 fully saturated rings. The molecule has 5 nitrogen and oxygen atoms in total. The molecule has 0 spiro atoms. The minimum absolute atomic E-state index is 0.698. The summed E-state index contributed by atoms with van der Waals surface area (Å²) in [5.74, 6) is 0.698. The van der Waals surface area contributed by atoms with E-state index in [4.69, 9.17) is 0 Å². The van der Waals surface area contributed by atoms with Gasteiger partial charge in [-0.2, -0.15) is 4.98 Å². The van der Waals surface area contributed by atoms with Crippen molar-refractivity contribution in [2.45, 2.75) is 13.3 Å². The molecule has 0 radical (unpaired) electrons. The first-order valence-corrected chi connectivity index (χ1v) is 6.28. The molecule has 0 aromatic carbocycles. The van der Waals surface area contributed by atoms with Crippen LogP contribution in [0.5, 0.6) is 0 Å². The number of pyridine rings is 1. The number of nitrogens with zero attached hydrogens (tertiary/aromatic N) is 3. The lowest BCUT2D eigenvalue weighted by Crippen LogP contribution is -2.23. The summed E-state index contributed by atoms with van der Waals surface area (Å²) in [6.07, 6.45) is 3.33. The highest BCUT2D eigenvalue weighted by molar-refractivity contribution is 5.44. The summed E-state index contributed by atoms with van der Waals surface area (Å²) < 4.78 is 1.86. The third-order valence-corrected chi connectivity index (χ3v) is 3.18. The van der Waals surface area contributed by atoms with Gasteiger partial charge in [0.2, 0.25) is 5.95 Å². The Morgan fingerprint density at radius 1 is 1.44 bits per heavy atom. The van der Waals surface area contributed by atoms with E-state index in [2.05, 4.69) is 26.8 Å². The quantitative estimate of drug-likeness (QED) is 0.799. The van der Waals surface area contributed by atoms with Crippen molar-refractivity contribution < 1.29 is 0 Å². The Hall–Kier alpha value is -1.88. The number of aryl methyl sites for hydroxylation is 1. The van der Waals surface area contributed by atoms with Crippen LogP contribution in [0.3, 0.4) is 0 Å². The Balaban J connectivity index is 1.75. The van der Waals surface area contributed by atoms with Crippen LogP contribution in [0, 0.1) is 6.92 Å².